The summed E-state index contributed by atoms with van der Waals surface area (Å²) in [5.41, 5.74) is 4.67. The number of para-hydroxylation sites is 1. The fourth-order valence-electron chi connectivity index (χ4n) is 4.34. The molecule has 0 bridgehead atoms. The first kappa shape index (κ1) is 27.5. The van der Waals surface area contributed by atoms with E-state index in [1.165, 1.54) is 12.1 Å². The standard InChI is InChI=1S/C29H28Cl2FN3O3/c1-17(2)22-14-33-35(28-23(30)6-5-7-24(28)31)27(22)16-38-21-10-11-26(18(3)12-21)34(4)15-20-9-8-19(29(36)37)13-25(20)32/h5-14,17H,15-16H2,1-4H3,(H,36,37). The van der Waals surface area contributed by atoms with Crippen molar-refractivity contribution in [1.82, 2.24) is 9.78 Å². The third-order valence-electron chi connectivity index (χ3n) is 6.34. The normalized spacial score (nSPS) is 11.2. The minimum absolute atomic E-state index is 0.0784. The third-order valence-corrected chi connectivity index (χ3v) is 6.95. The van der Waals surface area contributed by atoms with Gasteiger partial charge in [-0.3, -0.25) is 0 Å². The van der Waals surface area contributed by atoms with Crippen molar-refractivity contribution >= 4 is 34.9 Å². The minimum Gasteiger partial charge on any atom is -0.487 e. The number of aryl methyl sites for hydroxylation is 1. The van der Waals surface area contributed by atoms with Crippen LogP contribution in [-0.4, -0.2) is 27.9 Å². The lowest BCUT2D eigenvalue weighted by atomic mass is 10.0. The number of benzene rings is 3. The molecule has 0 spiro atoms. The Morgan fingerprint density at radius 1 is 1.13 bits per heavy atom. The Morgan fingerprint density at radius 2 is 1.84 bits per heavy atom. The first-order valence-electron chi connectivity index (χ1n) is 12.0. The van der Waals surface area contributed by atoms with Crippen molar-refractivity contribution in [3.05, 3.63) is 105 Å². The van der Waals surface area contributed by atoms with Crippen molar-refractivity contribution in [2.45, 2.75) is 39.8 Å². The zero-order valence-electron chi connectivity index (χ0n) is 21.5. The predicted molar refractivity (Wildman–Crippen MR) is 149 cm³/mol. The number of hydrogen-bond donors (Lipinski definition) is 1. The number of nitrogens with zero attached hydrogens (tertiary/aromatic N) is 3. The van der Waals surface area contributed by atoms with Gasteiger partial charge in [0.2, 0.25) is 0 Å². The molecule has 0 unspecified atom stereocenters. The molecule has 198 valence electrons. The number of hydrogen-bond acceptors (Lipinski definition) is 4. The fourth-order valence-corrected chi connectivity index (χ4v) is 4.90. The van der Waals surface area contributed by atoms with Crippen molar-refractivity contribution in [1.29, 1.82) is 0 Å². The summed E-state index contributed by atoms with van der Waals surface area (Å²) in [6.45, 7) is 6.67. The Hall–Kier alpha value is -3.55. The van der Waals surface area contributed by atoms with Gasteiger partial charge in [0, 0.05) is 24.8 Å². The summed E-state index contributed by atoms with van der Waals surface area (Å²) in [6.07, 6.45) is 1.81. The highest BCUT2D eigenvalue weighted by Crippen LogP contribution is 2.32. The monoisotopic (exact) mass is 555 g/mol. The molecule has 38 heavy (non-hydrogen) atoms. The van der Waals surface area contributed by atoms with Crippen LogP contribution < -0.4 is 9.64 Å². The molecule has 1 heterocycles. The van der Waals surface area contributed by atoms with Crippen LogP contribution in [0.15, 0.2) is 60.8 Å². The van der Waals surface area contributed by atoms with Gasteiger partial charge in [0.1, 0.15) is 23.9 Å². The van der Waals surface area contributed by atoms with Crippen LogP contribution in [-0.2, 0) is 13.2 Å². The van der Waals surface area contributed by atoms with E-state index in [0.717, 1.165) is 28.6 Å². The van der Waals surface area contributed by atoms with Gasteiger partial charge in [-0.15, -0.1) is 0 Å². The Morgan fingerprint density at radius 3 is 2.45 bits per heavy atom. The maximum atomic E-state index is 14.4. The molecule has 0 amide bonds. The van der Waals surface area contributed by atoms with Gasteiger partial charge in [-0.2, -0.15) is 5.10 Å². The zero-order chi connectivity index (χ0) is 27.6. The fraction of sp³-hybridized carbons (Fsp3) is 0.241. The van der Waals surface area contributed by atoms with E-state index in [4.69, 9.17) is 33.0 Å². The number of ether oxygens (including phenoxy) is 1. The van der Waals surface area contributed by atoms with Crippen LogP contribution in [0.2, 0.25) is 10.0 Å². The van der Waals surface area contributed by atoms with Gasteiger partial charge >= 0.3 is 5.97 Å². The number of aromatic carboxylic acids is 1. The molecule has 0 saturated heterocycles. The quantitative estimate of drug-likeness (QED) is 0.229. The van der Waals surface area contributed by atoms with E-state index in [0.29, 0.717) is 27.0 Å². The molecule has 6 nitrogen and oxygen atoms in total. The van der Waals surface area contributed by atoms with Gasteiger partial charge in [-0.1, -0.05) is 49.2 Å². The Balaban J connectivity index is 1.53. The molecule has 1 N–H and O–H groups in total. The van der Waals surface area contributed by atoms with Crippen LogP contribution in [0.4, 0.5) is 10.1 Å². The Kier molecular flexibility index (Phi) is 8.29. The van der Waals surface area contributed by atoms with E-state index >= 15 is 0 Å². The maximum absolute atomic E-state index is 14.4. The molecule has 0 radical (unpaired) electrons. The van der Waals surface area contributed by atoms with Crippen LogP contribution in [0, 0.1) is 12.7 Å². The van der Waals surface area contributed by atoms with Gasteiger partial charge in [0.15, 0.2) is 0 Å². The topological polar surface area (TPSA) is 67.6 Å². The zero-order valence-corrected chi connectivity index (χ0v) is 23.0. The molecule has 4 rings (SSSR count). The first-order valence-corrected chi connectivity index (χ1v) is 12.8. The number of carboxylic acids is 1. The van der Waals surface area contributed by atoms with Gasteiger partial charge in [-0.25, -0.2) is 13.9 Å². The van der Waals surface area contributed by atoms with Gasteiger partial charge in [-0.05, 0) is 66.4 Å². The maximum Gasteiger partial charge on any atom is 0.335 e. The molecule has 0 aliphatic rings. The summed E-state index contributed by atoms with van der Waals surface area (Å²) in [6, 6.07) is 15.0. The number of halogens is 3. The SMILES string of the molecule is Cc1cc(OCc2c(C(C)C)cnn2-c2c(Cl)cccc2Cl)ccc1N(C)Cc1ccc(C(=O)O)cc1F. The summed E-state index contributed by atoms with van der Waals surface area (Å²) in [5, 5.41) is 14.6. The minimum atomic E-state index is -1.16. The number of carboxylic acid groups (broad SMARTS) is 1. The molecule has 3 aromatic carbocycles. The second-order valence-corrected chi connectivity index (χ2v) is 10.2. The summed E-state index contributed by atoms with van der Waals surface area (Å²) in [7, 11) is 1.86. The van der Waals surface area contributed by atoms with E-state index < -0.39 is 11.8 Å². The van der Waals surface area contributed by atoms with Crippen molar-refractivity contribution in [3.63, 3.8) is 0 Å². The number of carbonyl (C=O) groups is 1. The average Bonchev–Trinajstić information content (AvgIpc) is 3.27. The molecule has 1 aromatic heterocycles. The lowest BCUT2D eigenvalue weighted by molar-refractivity contribution is 0.0696. The lowest BCUT2D eigenvalue weighted by Gasteiger charge is -2.22. The summed E-state index contributed by atoms with van der Waals surface area (Å²) in [5.74, 6) is -0.824. The average molecular weight is 556 g/mol. The third kappa shape index (κ3) is 5.79. The van der Waals surface area contributed by atoms with E-state index in [1.807, 2.05) is 43.3 Å². The molecule has 4 aromatic rings. The summed E-state index contributed by atoms with van der Waals surface area (Å²) in [4.78, 5) is 13.0. The van der Waals surface area contributed by atoms with Gasteiger partial charge in [0.05, 0.1) is 27.5 Å². The largest absolute Gasteiger partial charge is 0.487 e. The second kappa shape index (κ2) is 11.5. The summed E-state index contributed by atoms with van der Waals surface area (Å²) >= 11 is 12.9. The molecule has 0 aliphatic carbocycles. The molecule has 0 aliphatic heterocycles. The highest BCUT2D eigenvalue weighted by Gasteiger charge is 2.20. The predicted octanol–water partition coefficient (Wildman–Crippen LogP) is 7.66. The van der Waals surface area contributed by atoms with Crippen molar-refractivity contribution in [3.8, 4) is 11.4 Å². The van der Waals surface area contributed by atoms with E-state index in [2.05, 4.69) is 18.9 Å². The van der Waals surface area contributed by atoms with Crippen molar-refractivity contribution < 1.29 is 19.0 Å². The van der Waals surface area contributed by atoms with Crippen LogP contribution in [0.1, 0.15) is 52.5 Å². The lowest BCUT2D eigenvalue weighted by Crippen LogP contribution is -2.18. The molecule has 0 fully saturated rings. The Bertz CT molecular complexity index is 1470. The number of aromatic nitrogens is 2. The van der Waals surface area contributed by atoms with Crippen LogP contribution in [0.3, 0.4) is 0 Å². The van der Waals surface area contributed by atoms with E-state index in [-0.39, 0.29) is 24.6 Å². The summed E-state index contributed by atoms with van der Waals surface area (Å²) < 4.78 is 22.4. The number of anilines is 1. The van der Waals surface area contributed by atoms with E-state index in [9.17, 15) is 9.18 Å². The highest BCUT2D eigenvalue weighted by molar-refractivity contribution is 6.37. The van der Waals surface area contributed by atoms with Gasteiger partial charge in [0.25, 0.3) is 0 Å². The Labute approximate surface area is 231 Å². The number of rotatable bonds is 9. The molecule has 9 heteroatoms. The van der Waals surface area contributed by atoms with Crippen molar-refractivity contribution in [2.75, 3.05) is 11.9 Å². The van der Waals surface area contributed by atoms with Crippen LogP contribution in [0.25, 0.3) is 5.69 Å². The van der Waals surface area contributed by atoms with Crippen LogP contribution >= 0.6 is 23.2 Å². The molecule has 0 atom stereocenters. The van der Waals surface area contributed by atoms with Gasteiger partial charge < -0.3 is 14.7 Å². The van der Waals surface area contributed by atoms with E-state index in [1.54, 1.807) is 22.9 Å². The molecule has 0 saturated carbocycles. The van der Waals surface area contributed by atoms with Crippen LogP contribution in [0.5, 0.6) is 5.75 Å². The highest BCUT2D eigenvalue weighted by atomic mass is 35.5. The first-order chi connectivity index (χ1) is 18.1. The molecular weight excluding hydrogens is 528 g/mol. The van der Waals surface area contributed by atoms with Crippen molar-refractivity contribution in [2.24, 2.45) is 0 Å². The second-order valence-electron chi connectivity index (χ2n) is 9.39. The smallest absolute Gasteiger partial charge is 0.335 e. The molecular formula is C29H28Cl2FN3O3.